The van der Waals surface area contributed by atoms with Crippen LogP contribution in [0.3, 0.4) is 0 Å². The van der Waals surface area contributed by atoms with Crippen molar-refractivity contribution in [1.29, 1.82) is 0 Å². The molecule has 2 aliphatic rings. The van der Waals surface area contributed by atoms with E-state index >= 15 is 0 Å². The smallest absolute Gasteiger partial charge is 0.161 e. The summed E-state index contributed by atoms with van der Waals surface area (Å²) < 4.78 is 0. The number of ketones is 2. The Kier molecular flexibility index (Phi) is 2.07. The predicted octanol–water partition coefficient (Wildman–Crippen LogP) is 1.01. The summed E-state index contributed by atoms with van der Waals surface area (Å²) in [7, 11) is 0. The third-order valence-electron chi connectivity index (χ3n) is 3.59. The van der Waals surface area contributed by atoms with Crippen molar-refractivity contribution >= 4 is 11.6 Å². The van der Waals surface area contributed by atoms with Gasteiger partial charge in [-0.1, -0.05) is 0 Å². The molecule has 3 nitrogen and oxygen atoms in total. The van der Waals surface area contributed by atoms with E-state index in [9.17, 15) is 9.59 Å². The minimum Gasteiger partial charge on any atom is -0.392 e. The minimum atomic E-state index is -0.439. The number of aliphatic hydroxyl groups is 1. The molecule has 0 saturated heterocycles. The van der Waals surface area contributed by atoms with E-state index in [2.05, 4.69) is 0 Å². The number of rotatable bonds is 1. The summed E-state index contributed by atoms with van der Waals surface area (Å²) in [4.78, 5) is 23.2. The third kappa shape index (κ3) is 1.08. The molecule has 0 aromatic carbocycles. The van der Waals surface area contributed by atoms with Gasteiger partial charge in [0.15, 0.2) is 5.78 Å². The van der Waals surface area contributed by atoms with Crippen molar-refractivity contribution in [1.82, 2.24) is 0 Å². The van der Waals surface area contributed by atoms with Crippen LogP contribution in [0.2, 0.25) is 0 Å². The zero-order chi connectivity index (χ0) is 10.3. The summed E-state index contributed by atoms with van der Waals surface area (Å²) >= 11 is 0. The van der Waals surface area contributed by atoms with Gasteiger partial charge in [0.2, 0.25) is 0 Å². The zero-order valence-corrected chi connectivity index (χ0v) is 8.30. The molecule has 0 unspecified atom stereocenters. The number of carbonyl (C=O) groups excluding carboxylic acids is 2. The largest absolute Gasteiger partial charge is 0.392 e. The average Bonchev–Trinajstić information content (AvgIpc) is 2.45. The number of allylic oxidation sites excluding steroid dienone is 1. The van der Waals surface area contributed by atoms with E-state index in [-0.39, 0.29) is 18.2 Å². The van der Waals surface area contributed by atoms with Gasteiger partial charge in [-0.2, -0.15) is 0 Å². The van der Waals surface area contributed by atoms with E-state index < -0.39 is 5.41 Å². The second-order valence-electron chi connectivity index (χ2n) is 4.29. The van der Waals surface area contributed by atoms with Gasteiger partial charge in [0, 0.05) is 23.8 Å². The van der Waals surface area contributed by atoms with E-state index in [0.29, 0.717) is 31.3 Å². The average molecular weight is 194 g/mol. The van der Waals surface area contributed by atoms with Crippen LogP contribution in [-0.2, 0) is 9.59 Å². The van der Waals surface area contributed by atoms with Gasteiger partial charge in [-0.3, -0.25) is 9.59 Å². The highest BCUT2D eigenvalue weighted by molar-refractivity contribution is 6.03. The standard InChI is InChI=1S/C11H14O3/c1-11-5-4-9(13)7(6-12)8(11)2-3-10(11)14/h12H,2-6H2,1H3/t11-/m1/s1. The molecule has 76 valence electrons. The molecule has 3 heteroatoms. The molecule has 1 fully saturated rings. The van der Waals surface area contributed by atoms with E-state index in [1.807, 2.05) is 6.92 Å². The van der Waals surface area contributed by atoms with Crippen LogP contribution in [0.4, 0.5) is 0 Å². The molecule has 0 aromatic rings. The number of aliphatic hydroxyl groups excluding tert-OH is 1. The number of hydrogen-bond acceptors (Lipinski definition) is 3. The quantitative estimate of drug-likeness (QED) is 0.677. The van der Waals surface area contributed by atoms with Crippen molar-refractivity contribution < 1.29 is 14.7 Å². The molecule has 2 rings (SSSR count). The van der Waals surface area contributed by atoms with Crippen LogP contribution in [-0.4, -0.2) is 23.3 Å². The Balaban J connectivity index is 2.53. The first-order valence-corrected chi connectivity index (χ1v) is 4.99. The SMILES string of the molecule is C[C@@]12CCC(=O)C(CO)=C1CCC2=O. The second kappa shape index (κ2) is 3.02. The monoisotopic (exact) mass is 194 g/mol. The Morgan fingerprint density at radius 3 is 2.64 bits per heavy atom. The first-order chi connectivity index (χ1) is 6.59. The van der Waals surface area contributed by atoms with Crippen LogP contribution >= 0.6 is 0 Å². The Morgan fingerprint density at radius 2 is 2.00 bits per heavy atom. The number of hydrogen-bond donors (Lipinski definition) is 1. The summed E-state index contributed by atoms with van der Waals surface area (Å²) in [6.07, 6.45) is 2.23. The minimum absolute atomic E-state index is 0.0228. The van der Waals surface area contributed by atoms with Gasteiger partial charge < -0.3 is 5.11 Å². The van der Waals surface area contributed by atoms with E-state index in [0.717, 1.165) is 5.57 Å². The van der Waals surface area contributed by atoms with Gasteiger partial charge in [0.25, 0.3) is 0 Å². The highest BCUT2D eigenvalue weighted by atomic mass is 16.3. The van der Waals surface area contributed by atoms with Crippen molar-refractivity contribution in [2.45, 2.75) is 32.6 Å². The summed E-state index contributed by atoms with van der Waals surface area (Å²) in [6.45, 7) is 1.69. The fourth-order valence-electron chi connectivity index (χ4n) is 2.60. The number of Topliss-reactive ketones (excluding diaryl/α,β-unsaturated/α-hetero) is 2. The molecule has 0 amide bonds. The van der Waals surface area contributed by atoms with Crippen molar-refractivity contribution in [3.8, 4) is 0 Å². The van der Waals surface area contributed by atoms with Crippen LogP contribution in [0.5, 0.6) is 0 Å². The van der Waals surface area contributed by atoms with Crippen LogP contribution in [0.25, 0.3) is 0 Å². The van der Waals surface area contributed by atoms with Gasteiger partial charge in [0.1, 0.15) is 5.78 Å². The van der Waals surface area contributed by atoms with Gasteiger partial charge in [-0.25, -0.2) is 0 Å². The summed E-state index contributed by atoms with van der Waals surface area (Å²) in [5, 5.41) is 9.12. The lowest BCUT2D eigenvalue weighted by molar-refractivity contribution is -0.125. The number of fused-ring (bicyclic) bond motifs is 1. The molecule has 1 saturated carbocycles. The molecule has 0 aliphatic heterocycles. The van der Waals surface area contributed by atoms with Gasteiger partial charge in [0.05, 0.1) is 6.61 Å². The lowest BCUT2D eigenvalue weighted by atomic mass is 9.72. The highest BCUT2D eigenvalue weighted by Crippen LogP contribution is 2.47. The molecule has 0 bridgehead atoms. The Bertz CT molecular complexity index is 340. The molecule has 1 N–H and O–H groups in total. The molecule has 14 heavy (non-hydrogen) atoms. The normalized spacial score (nSPS) is 32.4. The topological polar surface area (TPSA) is 54.4 Å². The van der Waals surface area contributed by atoms with Crippen LogP contribution < -0.4 is 0 Å². The molecular formula is C11H14O3. The Hall–Kier alpha value is -0.960. The maximum atomic E-state index is 11.7. The number of carbonyl (C=O) groups is 2. The first kappa shape index (κ1) is 9.59. The summed E-state index contributed by atoms with van der Waals surface area (Å²) in [5.41, 5.74) is 0.970. The Labute approximate surface area is 82.8 Å². The molecule has 2 aliphatic carbocycles. The molecule has 0 heterocycles. The predicted molar refractivity (Wildman–Crippen MR) is 50.7 cm³/mol. The van der Waals surface area contributed by atoms with Crippen molar-refractivity contribution in [2.75, 3.05) is 6.61 Å². The van der Waals surface area contributed by atoms with Gasteiger partial charge >= 0.3 is 0 Å². The highest BCUT2D eigenvalue weighted by Gasteiger charge is 2.46. The van der Waals surface area contributed by atoms with Crippen LogP contribution in [0, 0.1) is 5.41 Å². The van der Waals surface area contributed by atoms with Crippen molar-refractivity contribution in [3.63, 3.8) is 0 Å². The fraction of sp³-hybridized carbons (Fsp3) is 0.636. The van der Waals surface area contributed by atoms with E-state index in [1.165, 1.54) is 0 Å². The molecular weight excluding hydrogens is 180 g/mol. The summed E-state index contributed by atoms with van der Waals surface area (Å²) in [6, 6.07) is 0. The van der Waals surface area contributed by atoms with Gasteiger partial charge in [-0.15, -0.1) is 0 Å². The van der Waals surface area contributed by atoms with Crippen LogP contribution in [0.15, 0.2) is 11.1 Å². The van der Waals surface area contributed by atoms with Crippen molar-refractivity contribution in [3.05, 3.63) is 11.1 Å². The fourth-order valence-corrected chi connectivity index (χ4v) is 2.60. The molecule has 1 atom stereocenters. The maximum Gasteiger partial charge on any atom is 0.161 e. The lowest BCUT2D eigenvalue weighted by Gasteiger charge is -2.30. The van der Waals surface area contributed by atoms with E-state index in [4.69, 9.17) is 5.11 Å². The molecule has 0 spiro atoms. The first-order valence-electron chi connectivity index (χ1n) is 4.99. The van der Waals surface area contributed by atoms with Crippen molar-refractivity contribution in [2.24, 2.45) is 5.41 Å². The molecule has 0 radical (unpaired) electrons. The van der Waals surface area contributed by atoms with E-state index in [1.54, 1.807) is 0 Å². The molecule has 0 aromatic heterocycles. The third-order valence-corrected chi connectivity index (χ3v) is 3.59. The summed E-state index contributed by atoms with van der Waals surface area (Å²) in [5.74, 6) is 0.251. The van der Waals surface area contributed by atoms with Crippen LogP contribution in [0.1, 0.15) is 32.6 Å². The second-order valence-corrected chi connectivity index (χ2v) is 4.29. The van der Waals surface area contributed by atoms with Gasteiger partial charge in [-0.05, 0) is 25.3 Å². The Morgan fingerprint density at radius 1 is 1.29 bits per heavy atom. The zero-order valence-electron chi connectivity index (χ0n) is 8.30. The maximum absolute atomic E-state index is 11.7. The lowest BCUT2D eigenvalue weighted by Crippen LogP contribution is -2.31.